The first kappa shape index (κ1) is 15.1. The van der Waals surface area contributed by atoms with Crippen LogP contribution in [0.25, 0.3) is 0 Å². The van der Waals surface area contributed by atoms with Crippen LogP contribution in [-0.2, 0) is 4.74 Å². The van der Waals surface area contributed by atoms with Crippen LogP contribution in [0.1, 0.15) is 64.2 Å². The van der Waals surface area contributed by atoms with Gasteiger partial charge in [-0.3, -0.25) is 0 Å². The van der Waals surface area contributed by atoms with Crippen molar-refractivity contribution in [1.82, 2.24) is 0 Å². The topological polar surface area (TPSA) is 9.23 Å². The highest BCUT2D eigenvalue weighted by Crippen LogP contribution is 2.36. The molecule has 0 N–H and O–H groups in total. The van der Waals surface area contributed by atoms with Crippen LogP contribution in [0, 0.1) is 23.7 Å². The summed E-state index contributed by atoms with van der Waals surface area (Å²) in [5, 5.41) is 0. The summed E-state index contributed by atoms with van der Waals surface area (Å²) in [5.74, 6) is 3.71. The zero-order chi connectivity index (χ0) is 13.5. The van der Waals surface area contributed by atoms with Crippen molar-refractivity contribution >= 4 is 0 Å². The van der Waals surface area contributed by atoms with E-state index in [1.54, 1.807) is 0 Å². The van der Waals surface area contributed by atoms with Crippen LogP contribution in [0.5, 0.6) is 0 Å². The van der Waals surface area contributed by atoms with Gasteiger partial charge >= 0.3 is 0 Å². The maximum atomic E-state index is 5.28. The molecule has 0 atom stereocenters. The highest BCUT2D eigenvalue weighted by molar-refractivity contribution is 4.84. The molecule has 0 unspecified atom stereocenters. The number of rotatable bonds is 6. The van der Waals surface area contributed by atoms with Crippen molar-refractivity contribution in [1.29, 1.82) is 0 Å². The van der Waals surface area contributed by atoms with Crippen LogP contribution in [-0.4, -0.2) is 13.7 Å². The minimum absolute atomic E-state index is 0.820. The van der Waals surface area contributed by atoms with Gasteiger partial charge in [0.25, 0.3) is 0 Å². The van der Waals surface area contributed by atoms with Gasteiger partial charge in [0, 0.05) is 13.7 Å². The Morgan fingerprint density at radius 1 is 0.842 bits per heavy atom. The van der Waals surface area contributed by atoms with Crippen LogP contribution in [0.15, 0.2) is 12.7 Å². The van der Waals surface area contributed by atoms with Crippen LogP contribution in [0.2, 0.25) is 0 Å². The molecule has 19 heavy (non-hydrogen) atoms. The third-order valence-electron chi connectivity index (χ3n) is 5.58. The molecule has 0 spiro atoms. The van der Waals surface area contributed by atoms with Gasteiger partial charge in [-0.05, 0) is 62.2 Å². The third-order valence-corrected chi connectivity index (χ3v) is 5.58. The van der Waals surface area contributed by atoms with E-state index in [1.165, 1.54) is 64.2 Å². The minimum Gasteiger partial charge on any atom is -0.384 e. The van der Waals surface area contributed by atoms with Crippen LogP contribution in [0.3, 0.4) is 0 Å². The summed E-state index contributed by atoms with van der Waals surface area (Å²) in [6.07, 6.45) is 16.6. The summed E-state index contributed by atoms with van der Waals surface area (Å²) in [6, 6.07) is 0. The van der Waals surface area contributed by atoms with Crippen LogP contribution >= 0.6 is 0 Å². The quantitative estimate of drug-likeness (QED) is 0.598. The predicted octanol–water partition coefficient (Wildman–Crippen LogP) is 5.21. The lowest BCUT2D eigenvalue weighted by Crippen LogP contribution is -2.19. The maximum absolute atomic E-state index is 5.28. The molecule has 0 aromatic heterocycles. The van der Waals surface area contributed by atoms with E-state index in [0.29, 0.717) is 0 Å². The van der Waals surface area contributed by atoms with E-state index < -0.39 is 0 Å². The Morgan fingerprint density at radius 2 is 1.32 bits per heavy atom. The fourth-order valence-electron chi connectivity index (χ4n) is 4.11. The lowest BCUT2D eigenvalue weighted by Gasteiger charge is -2.31. The Labute approximate surface area is 119 Å². The van der Waals surface area contributed by atoms with Gasteiger partial charge in [-0.1, -0.05) is 31.8 Å². The summed E-state index contributed by atoms with van der Waals surface area (Å²) >= 11 is 0. The molecule has 0 amide bonds. The van der Waals surface area contributed by atoms with Crippen molar-refractivity contribution in [3.8, 4) is 0 Å². The molecule has 1 heteroatoms. The second-order valence-electron chi connectivity index (χ2n) is 6.94. The molecule has 0 heterocycles. The monoisotopic (exact) mass is 264 g/mol. The zero-order valence-corrected chi connectivity index (χ0v) is 12.8. The number of hydrogen-bond donors (Lipinski definition) is 0. The number of allylic oxidation sites excluding steroid dienone is 1. The molecule has 0 aromatic carbocycles. The van der Waals surface area contributed by atoms with Crippen molar-refractivity contribution in [3.05, 3.63) is 12.7 Å². The smallest absolute Gasteiger partial charge is 0.0490 e. The van der Waals surface area contributed by atoms with E-state index in [9.17, 15) is 0 Å². The molecule has 2 aliphatic carbocycles. The molecule has 0 aliphatic heterocycles. The van der Waals surface area contributed by atoms with Crippen molar-refractivity contribution in [3.63, 3.8) is 0 Å². The highest BCUT2D eigenvalue weighted by atomic mass is 16.5. The normalized spacial score (nSPS) is 36.1. The lowest BCUT2D eigenvalue weighted by atomic mass is 9.76. The summed E-state index contributed by atoms with van der Waals surface area (Å²) < 4.78 is 5.28. The Kier molecular flexibility index (Phi) is 6.43. The molecule has 0 saturated heterocycles. The molecule has 110 valence electrons. The fraction of sp³-hybridized carbons (Fsp3) is 0.889. The van der Waals surface area contributed by atoms with Gasteiger partial charge in [0.15, 0.2) is 0 Å². The van der Waals surface area contributed by atoms with E-state index in [0.717, 1.165) is 30.3 Å². The summed E-state index contributed by atoms with van der Waals surface area (Å²) in [6.45, 7) is 4.93. The largest absolute Gasteiger partial charge is 0.384 e. The van der Waals surface area contributed by atoms with Gasteiger partial charge in [-0.15, -0.1) is 6.58 Å². The molecule has 2 rings (SSSR count). The van der Waals surface area contributed by atoms with Gasteiger partial charge in [0.05, 0.1) is 0 Å². The first-order chi connectivity index (χ1) is 9.31. The SMILES string of the molecule is C=C[C@H]1CC[C@H](CCC2CCC(COC)CC2)CC1. The van der Waals surface area contributed by atoms with E-state index in [-0.39, 0.29) is 0 Å². The van der Waals surface area contributed by atoms with Gasteiger partial charge in [-0.25, -0.2) is 0 Å². The molecule has 2 saturated carbocycles. The van der Waals surface area contributed by atoms with Crippen molar-refractivity contribution in [2.45, 2.75) is 64.2 Å². The van der Waals surface area contributed by atoms with E-state index in [2.05, 4.69) is 12.7 Å². The average Bonchev–Trinajstić information content (AvgIpc) is 2.47. The molecular formula is C18H32O. The number of methoxy groups -OCH3 is 1. The second kappa shape index (κ2) is 8.09. The lowest BCUT2D eigenvalue weighted by molar-refractivity contribution is 0.115. The number of hydrogen-bond acceptors (Lipinski definition) is 1. The Bertz CT molecular complexity index is 244. The van der Waals surface area contributed by atoms with Gasteiger partial charge in [-0.2, -0.15) is 0 Å². The van der Waals surface area contributed by atoms with E-state index in [1.807, 2.05) is 7.11 Å². The zero-order valence-electron chi connectivity index (χ0n) is 12.8. The minimum atomic E-state index is 0.820. The second-order valence-corrected chi connectivity index (χ2v) is 6.94. The van der Waals surface area contributed by atoms with Gasteiger partial charge in [0.2, 0.25) is 0 Å². The average molecular weight is 264 g/mol. The Hall–Kier alpha value is -0.300. The molecule has 0 bridgehead atoms. The van der Waals surface area contributed by atoms with Crippen molar-refractivity contribution < 1.29 is 4.74 Å². The number of ether oxygens (including phenoxy) is 1. The Morgan fingerprint density at radius 3 is 1.79 bits per heavy atom. The fourth-order valence-corrected chi connectivity index (χ4v) is 4.11. The summed E-state index contributed by atoms with van der Waals surface area (Å²) in [5.41, 5.74) is 0. The predicted molar refractivity (Wildman–Crippen MR) is 82.2 cm³/mol. The van der Waals surface area contributed by atoms with Crippen LogP contribution < -0.4 is 0 Å². The van der Waals surface area contributed by atoms with E-state index >= 15 is 0 Å². The molecule has 1 nitrogen and oxygen atoms in total. The standard InChI is InChI=1S/C18H32O/c1-3-15-4-6-16(7-5-15)8-9-17-10-12-18(13-11-17)14-19-2/h3,15-18H,1,4-14H2,2H3/t15-,16-,17?,18?. The van der Waals surface area contributed by atoms with Gasteiger partial charge < -0.3 is 4.74 Å². The van der Waals surface area contributed by atoms with E-state index in [4.69, 9.17) is 4.74 Å². The first-order valence-corrected chi connectivity index (χ1v) is 8.43. The van der Waals surface area contributed by atoms with Gasteiger partial charge in [0.1, 0.15) is 0 Å². The van der Waals surface area contributed by atoms with Crippen molar-refractivity contribution in [2.24, 2.45) is 23.7 Å². The maximum Gasteiger partial charge on any atom is 0.0490 e. The summed E-state index contributed by atoms with van der Waals surface area (Å²) in [7, 11) is 1.84. The van der Waals surface area contributed by atoms with Crippen LogP contribution in [0.4, 0.5) is 0 Å². The summed E-state index contributed by atoms with van der Waals surface area (Å²) in [4.78, 5) is 0. The first-order valence-electron chi connectivity index (χ1n) is 8.43. The Balaban J connectivity index is 1.58. The molecule has 2 aliphatic rings. The van der Waals surface area contributed by atoms with Crippen molar-refractivity contribution in [2.75, 3.05) is 13.7 Å². The highest BCUT2D eigenvalue weighted by Gasteiger charge is 2.23. The third kappa shape index (κ3) is 4.95. The molecule has 0 aromatic rings. The molecular weight excluding hydrogens is 232 g/mol. The molecule has 0 radical (unpaired) electrons. The molecule has 2 fully saturated rings.